The number of carbonyl (C=O) groups excluding carboxylic acids is 2. The molecular weight excluding hydrogens is 590 g/mol. The third-order valence-corrected chi connectivity index (χ3v) is 6.38. The van der Waals surface area contributed by atoms with E-state index in [0.717, 1.165) is 4.90 Å². The van der Waals surface area contributed by atoms with Crippen LogP contribution in [0.5, 0.6) is 0 Å². The summed E-state index contributed by atoms with van der Waals surface area (Å²) in [5, 5.41) is 7.54. The van der Waals surface area contributed by atoms with E-state index in [1.54, 1.807) is 30.3 Å². The lowest BCUT2D eigenvalue weighted by Crippen LogP contribution is -2.39. The molecule has 3 aromatic rings. The van der Waals surface area contributed by atoms with Crippen molar-refractivity contribution >= 4 is 29.2 Å². The maximum atomic E-state index is 13.4. The number of methoxy groups -OCH3 is 1. The van der Waals surface area contributed by atoms with Gasteiger partial charge in [-0.3, -0.25) is 9.59 Å². The summed E-state index contributed by atoms with van der Waals surface area (Å²) in [6.07, 6.45) is -10.1. The lowest BCUT2D eigenvalue weighted by atomic mass is 9.92. The Bertz CT molecular complexity index is 1400. The molecule has 0 fully saturated rings. The number of ether oxygens (including phenoxy) is 1. The highest BCUT2D eigenvalue weighted by molar-refractivity contribution is 6.32. The minimum Gasteiger partial charge on any atom is -0.385 e. The molecule has 2 aromatic carbocycles. The molecule has 42 heavy (non-hydrogen) atoms. The van der Waals surface area contributed by atoms with E-state index in [1.165, 1.54) is 11.8 Å². The molecule has 7 nitrogen and oxygen atoms in total. The number of rotatable bonds is 9. The summed E-state index contributed by atoms with van der Waals surface area (Å²) in [5.74, 6) is -1.76. The zero-order valence-electron chi connectivity index (χ0n) is 23.2. The van der Waals surface area contributed by atoms with Gasteiger partial charge in [-0.1, -0.05) is 44.5 Å². The Morgan fingerprint density at radius 2 is 1.57 bits per heavy atom. The van der Waals surface area contributed by atoms with Crippen LogP contribution in [-0.2, 0) is 27.3 Å². The van der Waals surface area contributed by atoms with Crippen molar-refractivity contribution in [3.63, 3.8) is 0 Å². The number of amides is 2. The molecule has 0 saturated heterocycles. The van der Waals surface area contributed by atoms with Crippen LogP contribution in [0.1, 0.15) is 54.4 Å². The molecule has 3 rings (SSSR count). The number of benzene rings is 2. The lowest BCUT2D eigenvalue weighted by molar-refractivity contribution is -0.143. The first kappa shape index (κ1) is 32.9. The molecule has 0 saturated carbocycles. The normalized spacial score (nSPS) is 12.4. The number of nitrogens with one attached hydrogen (secondary N) is 1. The quantitative estimate of drug-likeness (QED) is 0.207. The van der Waals surface area contributed by atoms with E-state index in [0.29, 0.717) is 28.5 Å². The summed E-state index contributed by atoms with van der Waals surface area (Å²) >= 11 is 6.35. The highest BCUT2D eigenvalue weighted by Gasteiger charge is 2.38. The van der Waals surface area contributed by atoms with Gasteiger partial charge in [0.15, 0.2) is 0 Å². The van der Waals surface area contributed by atoms with Crippen molar-refractivity contribution < 1.29 is 40.7 Å². The van der Waals surface area contributed by atoms with E-state index in [9.17, 15) is 35.9 Å². The third-order valence-electron chi connectivity index (χ3n) is 6.06. The van der Waals surface area contributed by atoms with Gasteiger partial charge in [0.25, 0.3) is 5.91 Å². The van der Waals surface area contributed by atoms with Crippen molar-refractivity contribution in [2.75, 3.05) is 32.1 Å². The number of carbonyl (C=O) groups is 2. The molecular formula is C28H29ClF6N4O3. The van der Waals surface area contributed by atoms with Gasteiger partial charge in [0.2, 0.25) is 5.91 Å². The second kappa shape index (κ2) is 12.7. The average Bonchev–Trinajstić information content (AvgIpc) is 3.30. The van der Waals surface area contributed by atoms with E-state index in [2.05, 4.69) is 10.4 Å². The molecule has 0 aliphatic rings. The maximum Gasteiger partial charge on any atom is 0.416 e. The highest BCUT2D eigenvalue weighted by Crippen LogP contribution is 2.36. The first-order valence-corrected chi connectivity index (χ1v) is 13.0. The van der Waals surface area contributed by atoms with Crippen LogP contribution in [0.3, 0.4) is 0 Å². The zero-order valence-corrected chi connectivity index (χ0v) is 23.9. The predicted octanol–water partition coefficient (Wildman–Crippen LogP) is 6.98. The van der Waals surface area contributed by atoms with Crippen LogP contribution in [0.2, 0.25) is 5.02 Å². The van der Waals surface area contributed by atoms with E-state index < -0.39 is 52.8 Å². The van der Waals surface area contributed by atoms with Crippen molar-refractivity contribution in [3.8, 4) is 5.69 Å². The lowest BCUT2D eigenvalue weighted by Gasteiger charge is -2.23. The molecule has 1 heterocycles. The Morgan fingerprint density at radius 1 is 0.976 bits per heavy atom. The van der Waals surface area contributed by atoms with E-state index in [1.807, 2.05) is 20.8 Å². The van der Waals surface area contributed by atoms with Crippen LogP contribution < -0.4 is 5.32 Å². The number of hydrogen-bond acceptors (Lipinski definition) is 4. The van der Waals surface area contributed by atoms with Crippen LogP contribution in [0.25, 0.3) is 5.69 Å². The summed E-state index contributed by atoms with van der Waals surface area (Å²) in [6.45, 7) is 4.96. The second-order valence-electron chi connectivity index (χ2n) is 10.4. The molecule has 0 unspecified atom stereocenters. The van der Waals surface area contributed by atoms with E-state index in [-0.39, 0.29) is 31.5 Å². The molecule has 0 atom stereocenters. The molecule has 228 valence electrons. The van der Waals surface area contributed by atoms with Gasteiger partial charge in [-0.05, 0) is 36.8 Å². The molecule has 2 amide bonds. The van der Waals surface area contributed by atoms with Crippen LogP contribution in [0, 0.1) is 0 Å². The fourth-order valence-electron chi connectivity index (χ4n) is 3.91. The van der Waals surface area contributed by atoms with Gasteiger partial charge in [0, 0.05) is 37.3 Å². The van der Waals surface area contributed by atoms with Crippen molar-refractivity contribution in [2.24, 2.45) is 0 Å². The average molecular weight is 619 g/mol. The molecule has 0 aliphatic carbocycles. The van der Waals surface area contributed by atoms with Crippen molar-refractivity contribution in [1.82, 2.24) is 14.7 Å². The molecule has 0 spiro atoms. The minimum absolute atomic E-state index is 0.0680. The fraction of sp³-hybridized carbons (Fsp3) is 0.393. The Morgan fingerprint density at radius 3 is 2.10 bits per heavy atom. The summed E-state index contributed by atoms with van der Waals surface area (Å²) in [6, 6.07) is 8.93. The molecule has 0 aliphatic heterocycles. The Kier molecular flexibility index (Phi) is 9.99. The molecule has 14 heteroatoms. The number of aromatic nitrogens is 2. The predicted molar refractivity (Wildman–Crippen MR) is 145 cm³/mol. The first-order chi connectivity index (χ1) is 19.4. The number of alkyl halides is 6. The number of para-hydroxylation sites is 1. The molecule has 1 N–H and O–H groups in total. The van der Waals surface area contributed by atoms with Crippen LogP contribution in [0.15, 0.2) is 48.5 Å². The zero-order chi connectivity index (χ0) is 31.5. The van der Waals surface area contributed by atoms with Gasteiger partial charge < -0.3 is 15.0 Å². The largest absolute Gasteiger partial charge is 0.416 e. The number of hydrogen-bond donors (Lipinski definition) is 1. The molecule has 1 aromatic heterocycles. The van der Waals surface area contributed by atoms with Crippen LogP contribution in [0.4, 0.5) is 32.2 Å². The van der Waals surface area contributed by atoms with Crippen molar-refractivity contribution in [1.29, 1.82) is 0 Å². The number of halogens is 7. The van der Waals surface area contributed by atoms with Gasteiger partial charge in [-0.25, -0.2) is 4.68 Å². The standard InChI is InChI=1S/C28H29ClF6N4O3/c1-26(2,3)22-15-23(39(37-22)21-9-6-5-8-20(21)29)36-24(40)16-38(10-7-11-42-4)25(41)17-12-18(27(30,31)32)14-19(13-17)28(33,34)35/h5-6,8-9,12-15H,7,10-11,16H2,1-4H3,(H,36,40). The second-order valence-corrected chi connectivity index (χ2v) is 10.9. The summed E-state index contributed by atoms with van der Waals surface area (Å²) in [4.78, 5) is 27.4. The summed E-state index contributed by atoms with van der Waals surface area (Å²) in [7, 11) is 1.38. The van der Waals surface area contributed by atoms with Gasteiger partial charge in [-0.15, -0.1) is 0 Å². The van der Waals surface area contributed by atoms with Gasteiger partial charge in [0.05, 0.1) is 27.5 Å². The van der Waals surface area contributed by atoms with E-state index >= 15 is 0 Å². The summed E-state index contributed by atoms with van der Waals surface area (Å²) < 4.78 is 86.8. The maximum absolute atomic E-state index is 13.4. The minimum atomic E-state index is -5.14. The van der Waals surface area contributed by atoms with Gasteiger partial charge >= 0.3 is 12.4 Å². The Balaban J connectivity index is 1.97. The first-order valence-electron chi connectivity index (χ1n) is 12.6. The Hall–Kier alpha value is -3.58. The van der Waals surface area contributed by atoms with Gasteiger partial charge in [0.1, 0.15) is 12.4 Å². The summed E-state index contributed by atoms with van der Waals surface area (Å²) in [5.41, 5.74) is -3.54. The molecule has 0 bridgehead atoms. The Labute approximate surface area is 243 Å². The van der Waals surface area contributed by atoms with Crippen LogP contribution in [-0.4, -0.2) is 53.3 Å². The smallest absolute Gasteiger partial charge is 0.385 e. The van der Waals surface area contributed by atoms with Crippen molar-refractivity contribution in [3.05, 3.63) is 75.9 Å². The monoisotopic (exact) mass is 618 g/mol. The third kappa shape index (κ3) is 8.25. The highest BCUT2D eigenvalue weighted by atomic mass is 35.5. The van der Waals surface area contributed by atoms with E-state index in [4.69, 9.17) is 16.3 Å². The fourth-order valence-corrected chi connectivity index (χ4v) is 4.13. The van der Waals surface area contributed by atoms with Crippen molar-refractivity contribution in [2.45, 2.75) is 45.0 Å². The number of anilines is 1. The topological polar surface area (TPSA) is 76.5 Å². The van der Waals surface area contributed by atoms with Crippen LogP contribution >= 0.6 is 11.6 Å². The molecule has 0 radical (unpaired) electrons. The van der Waals surface area contributed by atoms with Gasteiger partial charge in [-0.2, -0.15) is 31.4 Å². The number of nitrogens with zero attached hydrogens (tertiary/aromatic N) is 3. The SMILES string of the molecule is COCCCN(CC(=O)Nc1cc(C(C)(C)C)nn1-c1ccccc1Cl)C(=O)c1cc(C(F)(F)F)cc(C(F)(F)F)c1.